The van der Waals surface area contributed by atoms with Crippen LogP contribution in [-0.2, 0) is 6.54 Å². The summed E-state index contributed by atoms with van der Waals surface area (Å²) in [5, 5.41) is 2.42. The molecule has 0 radical (unpaired) electrons. The van der Waals surface area contributed by atoms with Gasteiger partial charge in [0.15, 0.2) is 11.5 Å². The Morgan fingerprint density at radius 2 is 1.97 bits per heavy atom. The average Bonchev–Trinajstić information content (AvgIpc) is 3.18. The number of rotatable bonds is 5. The number of hydrogen-bond donors (Lipinski definition) is 1. The highest BCUT2D eigenvalue weighted by Crippen LogP contribution is 2.32. The number of nitrogens with one attached hydrogen (secondary N) is 1. The van der Waals surface area contributed by atoms with Crippen LogP contribution in [0.15, 0.2) is 58.7 Å². The lowest BCUT2D eigenvalue weighted by Gasteiger charge is -2.29. The van der Waals surface area contributed by atoms with Gasteiger partial charge < -0.3 is 14.5 Å². The number of aromatic nitrogens is 2. The Morgan fingerprint density at radius 1 is 1.19 bits per heavy atom. The maximum Gasteiger partial charge on any atom is 0.260 e. The summed E-state index contributed by atoms with van der Waals surface area (Å²) in [5.41, 5.74) is 1.36. The third kappa shape index (κ3) is 4.04. The maximum absolute atomic E-state index is 13.2. The van der Waals surface area contributed by atoms with Gasteiger partial charge in [-0.3, -0.25) is 9.69 Å². The topological polar surface area (TPSA) is 67.5 Å². The fourth-order valence-electron chi connectivity index (χ4n) is 3.73. The van der Waals surface area contributed by atoms with Gasteiger partial charge in [-0.15, -0.1) is 11.3 Å². The summed E-state index contributed by atoms with van der Waals surface area (Å²) in [6, 6.07) is 13.7. The van der Waals surface area contributed by atoms with Crippen molar-refractivity contribution in [3.63, 3.8) is 0 Å². The third-order valence-corrected chi connectivity index (χ3v) is 6.02. The molecule has 1 aliphatic heterocycles. The lowest BCUT2D eigenvalue weighted by Crippen LogP contribution is -2.39. The molecule has 0 unspecified atom stereocenters. The number of thiophene rings is 1. The molecule has 0 aliphatic carbocycles. The van der Waals surface area contributed by atoms with Crippen LogP contribution in [0.4, 0.5) is 4.39 Å². The van der Waals surface area contributed by atoms with Crippen molar-refractivity contribution in [3.05, 3.63) is 75.9 Å². The highest BCUT2D eigenvalue weighted by molar-refractivity contribution is 7.17. The quantitative estimate of drug-likeness (QED) is 0.510. The average molecular weight is 437 g/mol. The number of H-pyrrole nitrogens is 1. The lowest BCUT2D eigenvalue weighted by atomic mass is 10.1. The molecule has 0 saturated carbocycles. The number of nitrogens with zero attached hydrogens (tertiary/aromatic N) is 2. The first-order valence-electron chi connectivity index (χ1n) is 9.90. The normalized spacial score (nSPS) is 15.5. The summed E-state index contributed by atoms with van der Waals surface area (Å²) in [5.74, 6) is 1.78. The molecule has 2 aromatic carbocycles. The lowest BCUT2D eigenvalue weighted by molar-refractivity contribution is 0.0632. The Balaban J connectivity index is 1.32. The van der Waals surface area contributed by atoms with E-state index in [0.717, 1.165) is 22.6 Å². The van der Waals surface area contributed by atoms with E-state index in [9.17, 15) is 9.18 Å². The van der Waals surface area contributed by atoms with Crippen LogP contribution in [0.2, 0.25) is 0 Å². The van der Waals surface area contributed by atoms with Crippen LogP contribution in [0.25, 0.3) is 21.3 Å². The second-order valence-electron chi connectivity index (χ2n) is 7.54. The number of ether oxygens (including phenoxy) is 2. The van der Waals surface area contributed by atoms with Gasteiger partial charge in [0, 0.05) is 17.5 Å². The number of benzene rings is 2. The zero-order valence-corrected chi connectivity index (χ0v) is 17.6. The number of likely N-dealkylation sites (N-methyl/N-ethyl adjacent to an activating group) is 1. The van der Waals surface area contributed by atoms with Crippen molar-refractivity contribution in [3.8, 4) is 22.6 Å². The van der Waals surface area contributed by atoms with Gasteiger partial charge in [-0.25, -0.2) is 9.37 Å². The Hall–Kier alpha value is -3.23. The summed E-state index contributed by atoms with van der Waals surface area (Å²) >= 11 is 1.41. The van der Waals surface area contributed by atoms with Crippen molar-refractivity contribution < 1.29 is 13.9 Å². The van der Waals surface area contributed by atoms with Gasteiger partial charge in [-0.2, -0.15) is 0 Å². The molecule has 1 atom stereocenters. The number of aromatic amines is 1. The molecule has 8 heteroatoms. The van der Waals surface area contributed by atoms with Gasteiger partial charge in [0.1, 0.15) is 29.2 Å². The van der Waals surface area contributed by atoms with Gasteiger partial charge in [0.25, 0.3) is 5.56 Å². The summed E-state index contributed by atoms with van der Waals surface area (Å²) in [6.45, 7) is 1.56. The fraction of sp³-hybridized carbons (Fsp3) is 0.217. The van der Waals surface area contributed by atoms with Crippen LogP contribution in [0.1, 0.15) is 5.82 Å². The molecule has 5 rings (SSSR count). The van der Waals surface area contributed by atoms with Crippen LogP contribution < -0.4 is 15.0 Å². The predicted molar refractivity (Wildman–Crippen MR) is 118 cm³/mol. The van der Waals surface area contributed by atoms with E-state index in [1.54, 1.807) is 12.1 Å². The number of halogens is 1. The molecule has 0 bridgehead atoms. The minimum absolute atomic E-state index is 0.109. The molecule has 0 amide bonds. The van der Waals surface area contributed by atoms with E-state index in [2.05, 4.69) is 9.97 Å². The van der Waals surface area contributed by atoms with Crippen LogP contribution in [0, 0.1) is 5.82 Å². The van der Waals surface area contributed by atoms with Crippen molar-refractivity contribution >= 4 is 21.6 Å². The molecule has 2 aromatic heterocycles. The van der Waals surface area contributed by atoms with E-state index in [0.29, 0.717) is 35.7 Å². The van der Waals surface area contributed by atoms with Crippen LogP contribution in [0.5, 0.6) is 11.5 Å². The van der Waals surface area contributed by atoms with Crippen molar-refractivity contribution in [2.24, 2.45) is 0 Å². The third-order valence-electron chi connectivity index (χ3n) is 5.15. The molecule has 1 N–H and O–H groups in total. The number of hydrogen-bond acceptors (Lipinski definition) is 6. The predicted octanol–water partition coefficient (Wildman–Crippen LogP) is 4.06. The smallest absolute Gasteiger partial charge is 0.260 e. The fourth-order valence-corrected chi connectivity index (χ4v) is 4.70. The molecule has 158 valence electrons. The molecule has 0 spiro atoms. The van der Waals surface area contributed by atoms with Crippen LogP contribution in [0.3, 0.4) is 0 Å². The maximum atomic E-state index is 13.2. The minimum Gasteiger partial charge on any atom is -0.486 e. The minimum atomic E-state index is -0.309. The largest absolute Gasteiger partial charge is 0.486 e. The van der Waals surface area contributed by atoms with Crippen molar-refractivity contribution in [2.75, 3.05) is 20.2 Å². The van der Waals surface area contributed by atoms with Crippen molar-refractivity contribution in [2.45, 2.75) is 12.6 Å². The highest BCUT2D eigenvalue weighted by Gasteiger charge is 2.22. The monoisotopic (exact) mass is 437 g/mol. The van der Waals surface area contributed by atoms with Crippen LogP contribution in [-0.4, -0.2) is 41.2 Å². The van der Waals surface area contributed by atoms with Gasteiger partial charge in [-0.05, 0) is 36.9 Å². The first kappa shape index (κ1) is 19.7. The second kappa shape index (κ2) is 8.13. The SMILES string of the molecule is CN(Cc1nc2scc(-c3ccc(F)cc3)c2c(=O)[nH]1)C[C@@H]1COc2ccccc2O1. The molecular formula is C23H20FN3O3S. The first-order chi connectivity index (χ1) is 15.1. The van der Waals surface area contributed by atoms with E-state index in [1.807, 2.05) is 41.6 Å². The van der Waals surface area contributed by atoms with E-state index in [1.165, 1.54) is 23.5 Å². The van der Waals surface area contributed by atoms with Gasteiger partial charge in [0.2, 0.25) is 0 Å². The van der Waals surface area contributed by atoms with E-state index in [-0.39, 0.29) is 17.5 Å². The highest BCUT2D eigenvalue weighted by atomic mass is 32.1. The summed E-state index contributed by atoms with van der Waals surface area (Å²) in [7, 11) is 1.95. The first-order valence-corrected chi connectivity index (χ1v) is 10.8. The van der Waals surface area contributed by atoms with Crippen LogP contribution >= 0.6 is 11.3 Å². The second-order valence-corrected chi connectivity index (χ2v) is 8.40. The standard InChI is InChI=1S/C23H20FN3O3S/c1-27(10-16-12-29-18-4-2-3-5-19(18)30-16)11-20-25-22(28)21-17(13-31-23(21)26-20)14-6-8-15(24)9-7-14/h2-9,13,16H,10-12H2,1H3,(H,25,26,28)/t16-/m1/s1. The molecule has 1 aliphatic rings. The van der Waals surface area contributed by atoms with E-state index in [4.69, 9.17) is 9.47 Å². The molecule has 4 aromatic rings. The Morgan fingerprint density at radius 3 is 2.77 bits per heavy atom. The molecular weight excluding hydrogens is 417 g/mol. The van der Waals surface area contributed by atoms with Crippen molar-refractivity contribution in [1.82, 2.24) is 14.9 Å². The van der Waals surface area contributed by atoms with E-state index >= 15 is 0 Å². The zero-order chi connectivity index (χ0) is 21.4. The van der Waals surface area contributed by atoms with E-state index < -0.39 is 0 Å². The van der Waals surface area contributed by atoms with Gasteiger partial charge >= 0.3 is 0 Å². The summed E-state index contributed by atoms with van der Waals surface area (Å²) in [4.78, 5) is 23.0. The summed E-state index contributed by atoms with van der Waals surface area (Å²) in [6.07, 6.45) is -0.109. The zero-order valence-electron chi connectivity index (χ0n) is 16.8. The number of para-hydroxylation sites is 2. The van der Waals surface area contributed by atoms with Gasteiger partial charge in [-0.1, -0.05) is 24.3 Å². The number of fused-ring (bicyclic) bond motifs is 2. The Bertz CT molecular complexity index is 1290. The Kier molecular flexibility index (Phi) is 5.17. The molecule has 6 nitrogen and oxygen atoms in total. The molecule has 31 heavy (non-hydrogen) atoms. The molecule has 0 fully saturated rings. The van der Waals surface area contributed by atoms with Crippen molar-refractivity contribution in [1.29, 1.82) is 0 Å². The van der Waals surface area contributed by atoms with Gasteiger partial charge in [0.05, 0.1) is 11.9 Å². The summed E-state index contributed by atoms with van der Waals surface area (Å²) < 4.78 is 25.0. The molecule has 0 saturated heterocycles. The Labute approximate surface area is 181 Å². The molecule has 3 heterocycles.